The minimum absolute atomic E-state index is 0.208. The number of halogens is 3. The number of aromatic nitrogens is 1. The Labute approximate surface area is 99.7 Å². The molecule has 0 fully saturated rings. The highest BCUT2D eigenvalue weighted by Gasteiger charge is 2.34. The SMILES string of the molecule is Cc1csc(Oc2ccccc2C(F)(F)F)n1. The number of para-hydroxylation sites is 1. The normalized spacial score (nSPS) is 11.5. The standard InChI is InChI=1S/C11H8F3NOS/c1-7-6-17-10(15-7)16-9-5-3-2-4-8(9)11(12,13)14/h2-6H,1H3. The van der Waals surface area contributed by atoms with E-state index in [1.54, 1.807) is 12.3 Å². The minimum Gasteiger partial charge on any atom is -0.430 e. The van der Waals surface area contributed by atoms with Gasteiger partial charge in [-0.15, -0.1) is 0 Å². The summed E-state index contributed by atoms with van der Waals surface area (Å²) in [7, 11) is 0. The molecule has 90 valence electrons. The molecule has 6 heteroatoms. The van der Waals surface area contributed by atoms with Crippen LogP contribution < -0.4 is 4.74 Å². The van der Waals surface area contributed by atoms with Crippen molar-refractivity contribution >= 4 is 11.3 Å². The molecule has 0 aliphatic carbocycles. The van der Waals surface area contributed by atoms with Crippen molar-refractivity contribution in [2.45, 2.75) is 13.1 Å². The lowest BCUT2D eigenvalue weighted by Gasteiger charge is -2.11. The third-order valence-electron chi connectivity index (χ3n) is 1.99. The van der Waals surface area contributed by atoms with Gasteiger partial charge in [0.05, 0.1) is 11.3 Å². The van der Waals surface area contributed by atoms with Crippen LogP contribution in [0.4, 0.5) is 13.2 Å². The molecule has 1 heterocycles. The molecule has 0 amide bonds. The lowest BCUT2D eigenvalue weighted by atomic mass is 10.2. The molecular formula is C11H8F3NOS. The van der Waals surface area contributed by atoms with Gasteiger partial charge in [-0.25, -0.2) is 4.98 Å². The summed E-state index contributed by atoms with van der Waals surface area (Å²) in [5.41, 5.74) is -0.0812. The van der Waals surface area contributed by atoms with Gasteiger partial charge in [0.15, 0.2) is 0 Å². The predicted octanol–water partition coefficient (Wildman–Crippen LogP) is 4.26. The molecule has 2 aromatic rings. The van der Waals surface area contributed by atoms with Crippen molar-refractivity contribution in [3.05, 3.63) is 40.9 Å². The van der Waals surface area contributed by atoms with Gasteiger partial charge in [0.25, 0.3) is 5.19 Å². The van der Waals surface area contributed by atoms with Crippen LogP contribution in [0.1, 0.15) is 11.3 Å². The Morgan fingerprint density at radius 2 is 1.94 bits per heavy atom. The third kappa shape index (κ3) is 2.76. The number of thiazole rings is 1. The molecule has 1 aromatic carbocycles. The van der Waals surface area contributed by atoms with Crippen molar-refractivity contribution in [2.24, 2.45) is 0 Å². The van der Waals surface area contributed by atoms with E-state index >= 15 is 0 Å². The van der Waals surface area contributed by atoms with Gasteiger partial charge < -0.3 is 4.74 Å². The zero-order valence-corrected chi connectivity index (χ0v) is 9.60. The van der Waals surface area contributed by atoms with Crippen molar-refractivity contribution in [3.8, 4) is 10.9 Å². The van der Waals surface area contributed by atoms with E-state index in [1.165, 1.54) is 18.2 Å². The molecule has 0 bridgehead atoms. The number of rotatable bonds is 2. The van der Waals surface area contributed by atoms with Crippen LogP contribution in [0.25, 0.3) is 0 Å². The van der Waals surface area contributed by atoms with E-state index in [-0.39, 0.29) is 10.9 Å². The highest BCUT2D eigenvalue weighted by molar-refractivity contribution is 7.11. The lowest BCUT2D eigenvalue weighted by Crippen LogP contribution is -2.06. The van der Waals surface area contributed by atoms with E-state index < -0.39 is 11.7 Å². The number of nitrogens with zero attached hydrogens (tertiary/aromatic N) is 1. The third-order valence-corrected chi connectivity index (χ3v) is 2.82. The molecule has 0 aliphatic rings. The molecule has 0 saturated heterocycles. The van der Waals surface area contributed by atoms with Crippen LogP contribution in [0.3, 0.4) is 0 Å². The highest BCUT2D eigenvalue weighted by Crippen LogP contribution is 2.38. The van der Waals surface area contributed by atoms with Gasteiger partial charge in [-0.1, -0.05) is 23.5 Å². The monoisotopic (exact) mass is 259 g/mol. The van der Waals surface area contributed by atoms with Crippen LogP contribution in [-0.4, -0.2) is 4.98 Å². The minimum atomic E-state index is -4.43. The fourth-order valence-electron chi connectivity index (χ4n) is 1.26. The van der Waals surface area contributed by atoms with E-state index in [0.29, 0.717) is 0 Å². The van der Waals surface area contributed by atoms with Crippen LogP contribution in [-0.2, 0) is 6.18 Å². The number of ether oxygens (including phenoxy) is 1. The fourth-order valence-corrected chi connectivity index (χ4v) is 1.92. The smallest absolute Gasteiger partial charge is 0.419 e. The maximum atomic E-state index is 12.7. The maximum Gasteiger partial charge on any atom is 0.419 e. The van der Waals surface area contributed by atoms with E-state index in [0.717, 1.165) is 23.1 Å². The largest absolute Gasteiger partial charge is 0.430 e. The number of alkyl halides is 3. The predicted molar refractivity (Wildman–Crippen MR) is 58.4 cm³/mol. The van der Waals surface area contributed by atoms with Crippen LogP contribution in [0.5, 0.6) is 10.9 Å². The number of hydrogen-bond donors (Lipinski definition) is 0. The van der Waals surface area contributed by atoms with E-state index in [4.69, 9.17) is 4.74 Å². The molecule has 0 radical (unpaired) electrons. The first-order valence-electron chi connectivity index (χ1n) is 4.73. The summed E-state index contributed by atoms with van der Waals surface area (Å²) in [5.74, 6) is -0.227. The second-order valence-electron chi connectivity index (χ2n) is 3.35. The molecule has 0 spiro atoms. The molecule has 2 rings (SSSR count). The van der Waals surface area contributed by atoms with Crippen LogP contribution in [0, 0.1) is 6.92 Å². The first kappa shape index (κ1) is 11.9. The van der Waals surface area contributed by atoms with Gasteiger partial charge in [0, 0.05) is 5.38 Å². The number of aryl methyl sites for hydroxylation is 1. The molecular weight excluding hydrogens is 251 g/mol. The Hall–Kier alpha value is -1.56. The molecule has 17 heavy (non-hydrogen) atoms. The van der Waals surface area contributed by atoms with Gasteiger partial charge in [0.1, 0.15) is 5.75 Å². The summed E-state index contributed by atoms with van der Waals surface area (Å²) in [4.78, 5) is 3.96. The van der Waals surface area contributed by atoms with Crippen molar-refractivity contribution in [1.82, 2.24) is 4.98 Å². The summed E-state index contributed by atoms with van der Waals surface area (Å²) < 4.78 is 43.1. The number of benzene rings is 1. The van der Waals surface area contributed by atoms with Crippen molar-refractivity contribution < 1.29 is 17.9 Å². The van der Waals surface area contributed by atoms with Gasteiger partial charge in [-0.05, 0) is 19.1 Å². The topological polar surface area (TPSA) is 22.1 Å². The van der Waals surface area contributed by atoms with Crippen molar-refractivity contribution in [1.29, 1.82) is 0 Å². The molecule has 0 unspecified atom stereocenters. The van der Waals surface area contributed by atoms with Crippen LogP contribution >= 0.6 is 11.3 Å². The fraction of sp³-hybridized carbons (Fsp3) is 0.182. The van der Waals surface area contributed by atoms with E-state index in [1.807, 2.05) is 0 Å². The molecule has 2 nitrogen and oxygen atoms in total. The average molecular weight is 259 g/mol. The van der Waals surface area contributed by atoms with E-state index in [9.17, 15) is 13.2 Å². The van der Waals surface area contributed by atoms with Crippen LogP contribution in [0.15, 0.2) is 29.6 Å². The second-order valence-corrected chi connectivity index (χ2v) is 4.17. The first-order chi connectivity index (χ1) is 7.97. The Balaban J connectivity index is 2.33. The quantitative estimate of drug-likeness (QED) is 0.803. The van der Waals surface area contributed by atoms with Gasteiger partial charge >= 0.3 is 6.18 Å². The Morgan fingerprint density at radius 3 is 2.53 bits per heavy atom. The summed E-state index contributed by atoms with van der Waals surface area (Å²) in [6.07, 6.45) is -4.43. The highest BCUT2D eigenvalue weighted by atomic mass is 32.1. The van der Waals surface area contributed by atoms with Crippen molar-refractivity contribution in [3.63, 3.8) is 0 Å². The Bertz CT molecular complexity index is 521. The van der Waals surface area contributed by atoms with Crippen molar-refractivity contribution in [2.75, 3.05) is 0 Å². The lowest BCUT2D eigenvalue weighted by molar-refractivity contribution is -0.138. The Kier molecular flexibility index (Phi) is 3.06. The summed E-state index contributed by atoms with van der Waals surface area (Å²) >= 11 is 1.16. The van der Waals surface area contributed by atoms with E-state index in [2.05, 4.69) is 4.98 Å². The summed E-state index contributed by atoms with van der Waals surface area (Å²) in [5, 5.41) is 1.92. The molecule has 1 aromatic heterocycles. The molecule has 0 saturated carbocycles. The summed E-state index contributed by atoms with van der Waals surface area (Å²) in [6.45, 7) is 1.75. The maximum absolute atomic E-state index is 12.7. The van der Waals surface area contributed by atoms with Gasteiger partial charge in [0.2, 0.25) is 0 Å². The number of hydrogen-bond acceptors (Lipinski definition) is 3. The van der Waals surface area contributed by atoms with Gasteiger partial charge in [-0.3, -0.25) is 0 Å². The van der Waals surface area contributed by atoms with Gasteiger partial charge in [-0.2, -0.15) is 13.2 Å². The first-order valence-corrected chi connectivity index (χ1v) is 5.61. The zero-order valence-electron chi connectivity index (χ0n) is 8.78. The summed E-state index contributed by atoms with van der Waals surface area (Å²) in [6, 6.07) is 5.07. The molecule has 0 atom stereocenters. The average Bonchev–Trinajstić information content (AvgIpc) is 2.63. The molecule has 0 aliphatic heterocycles. The Morgan fingerprint density at radius 1 is 1.24 bits per heavy atom. The molecule has 0 N–H and O–H groups in total. The van der Waals surface area contributed by atoms with Crippen LogP contribution in [0.2, 0.25) is 0 Å². The zero-order chi connectivity index (χ0) is 12.5. The second kappa shape index (κ2) is 4.37.